The molecule has 2 aromatic carbocycles. The van der Waals surface area contributed by atoms with Crippen molar-refractivity contribution in [2.45, 2.75) is 13.1 Å². The highest BCUT2D eigenvalue weighted by Crippen LogP contribution is 2.14. The zero-order valence-corrected chi connectivity index (χ0v) is 11.5. The highest BCUT2D eigenvalue weighted by Gasteiger charge is 2.06. The third-order valence-electron chi connectivity index (χ3n) is 3.47. The van der Waals surface area contributed by atoms with Gasteiger partial charge < -0.3 is 15.6 Å². The van der Waals surface area contributed by atoms with Crippen LogP contribution in [-0.2, 0) is 20.1 Å². The summed E-state index contributed by atoms with van der Waals surface area (Å²) in [6.07, 6.45) is 0. The Labute approximate surface area is 118 Å². The number of nitrogen functional groups attached to an aromatic ring is 1. The number of aromatic nitrogens is 2. The molecule has 1 aromatic heterocycles. The topological polar surface area (TPSA) is 55.9 Å². The number of aryl methyl sites for hydroxylation is 1. The molecule has 0 amide bonds. The molecule has 0 fully saturated rings. The van der Waals surface area contributed by atoms with Gasteiger partial charge in [0.25, 0.3) is 0 Å². The van der Waals surface area contributed by atoms with E-state index >= 15 is 0 Å². The Morgan fingerprint density at radius 2 is 1.80 bits per heavy atom. The molecular weight excluding hydrogens is 248 g/mol. The molecule has 0 saturated carbocycles. The van der Waals surface area contributed by atoms with Crippen LogP contribution in [-0.4, -0.2) is 9.55 Å². The molecule has 0 aliphatic heterocycles. The average Bonchev–Trinajstić information content (AvgIpc) is 2.78. The first-order chi connectivity index (χ1) is 9.74. The third kappa shape index (κ3) is 2.51. The number of nitrogens with two attached hydrogens (primary N) is 1. The van der Waals surface area contributed by atoms with Crippen LogP contribution in [0.4, 0.5) is 5.69 Å². The number of anilines is 1. The van der Waals surface area contributed by atoms with Crippen LogP contribution in [0.25, 0.3) is 11.0 Å². The minimum absolute atomic E-state index is 0.746. The van der Waals surface area contributed by atoms with Crippen LogP contribution in [0, 0.1) is 0 Å². The van der Waals surface area contributed by atoms with Crippen molar-refractivity contribution >= 4 is 16.7 Å². The second kappa shape index (κ2) is 5.35. The van der Waals surface area contributed by atoms with Gasteiger partial charge in [-0.2, -0.15) is 0 Å². The van der Waals surface area contributed by atoms with E-state index in [1.54, 1.807) is 0 Å². The molecule has 0 saturated heterocycles. The summed E-state index contributed by atoms with van der Waals surface area (Å²) >= 11 is 0. The molecule has 0 atom stereocenters. The van der Waals surface area contributed by atoms with Gasteiger partial charge >= 0.3 is 0 Å². The van der Waals surface area contributed by atoms with Gasteiger partial charge in [0.05, 0.1) is 17.6 Å². The number of nitrogens with zero attached hydrogens (tertiary/aromatic N) is 2. The molecular formula is C16H18N4. The fraction of sp³-hybridized carbons (Fsp3) is 0.188. The van der Waals surface area contributed by atoms with Crippen LogP contribution in [0.1, 0.15) is 11.4 Å². The second-order valence-corrected chi connectivity index (χ2v) is 4.92. The Morgan fingerprint density at radius 1 is 1.05 bits per heavy atom. The molecule has 1 heterocycles. The lowest BCUT2D eigenvalue weighted by Gasteiger charge is -2.05. The van der Waals surface area contributed by atoms with Gasteiger partial charge in [-0.15, -0.1) is 0 Å². The molecule has 0 bridgehead atoms. The minimum Gasteiger partial charge on any atom is -0.399 e. The molecule has 0 spiro atoms. The predicted octanol–water partition coefficient (Wildman–Crippen LogP) is 2.45. The van der Waals surface area contributed by atoms with E-state index in [-0.39, 0.29) is 0 Å². The summed E-state index contributed by atoms with van der Waals surface area (Å²) in [5, 5.41) is 3.42. The summed E-state index contributed by atoms with van der Waals surface area (Å²) in [6, 6.07) is 16.1. The van der Waals surface area contributed by atoms with E-state index in [2.05, 4.69) is 28.0 Å². The van der Waals surface area contributed by atoms with Gasteiger partial charge in [0.1, 0.15) is 5.82 Å². The van der Waals surface area contributed by atoms with Crippen molar-refractivity contribution in [3.8, 4) is 0 Å². The lowest BCUT2D eigenvalue weighted by Crippen LogP contribution is -2.15. The molecule has 0 radical (unpaired) electrons. The molecule has 20 heavy (non-hydrogen) atoms. The Kier molecular flexibility index (Phi) is 3.39. The van der Waals surface area contributed by atoms with Crippen molar-refractivity contribution in [2.24, 2.45) is 7.05 Å². The number of para-hydroxylation sites is 2. The van der Waals surface area contributed by atoms with Crippen molar-refractivity contribution < 1.29 is 0 Å². The maximum absolute atomic E-state index is 5.68. The molecule has 3 rings (SSSR count). The fourth-order valence-corrected chi connectivity index (χ4v) is 2.31. The van der Waals surface area contributed by atoms with Gasteiger partial charge in [0.15, 0.2) is 0 Å². The van der Waals surface area contributed by atoms with Crippen LogP contribution in [0.2, 0.25) is 0 Å². The van der Waals surface area contributed by atoms with Crippen LogP contribution in [0.15, 0.2) is 48.5 Å². The molecule has 102 valence electrons. The Bertz CT molecular complexity index is 713. The summed E-state index contributed by atoms with van der Waals surface area (Å²) in [7, 11) is 2.05. The standard InChI is InChI=1S/C16H18N4/c1-20-15-5-3-2-4-14(15)19-16(20)11-18-10-12-6-8-13(17)9-7-12/h2-9,18H,10-11,17H2,1H3. The van der Waals surface area contributed by atoms with Crippen LogP contribution >= 0.6 is 0 Å². The van der Waals surface area contributed by atoms with Crippen molar-refractivity contribution in [1.82, 2.24) is 14.9 Å². The maximum Gasteiger partial charge on any atom is 0.123 e. The third-order valence-corrected chi connectivity index (χ3v) is 3.47. The number of hydrogen-bond acceptors (Lipinski definition) is 3. The molecule has 4 nitrogen and oxygen atoms in total. The molecule has 4 heteroatoms. The number of imidazole rings is 1. The number of benzene rings is 2. The lowest BCUT2D eigenvalue weighted by molar-refractivity contribution is 0.643. The van der Waals surface area contributed by atoms with Crippen LogP contribution in [0.5, 0.6) is 0 Å². The van der Waals surface area contributed by atoms with E-state index in [0.29, 0.717) is 0 Å². The van der Waals surface area contributed by atoms with E-state index in [4.69, 9.17) is 5.73 Å². The summed E-state index contributed by atoms with van der Waals surface area (Å²) < 4.78 is 2.13. The largest absolute Gasteiger partial charge is 0.399 e. The summed E-state index contributed by atoms with van der Waals surface area (Å²) in [4.78, 5) is 4.64. The number of hydrogen-bond donors (Lipinski definition) is 2. The predicted molar refractivity (Wildman–Crippen MR) is 82.1 cm³/mol. The van der Waals surface area contributed by atoms with Crippen molar-refractivity contribution in [3.05, 3.63) is 59.9 Å². The normalized spacial score (nSPS) is 11.1. The zero-order chi connectivity index (χ0) is 13.9. The van der Waals surface area contributed by atoms with E-state index in [9.17, 15) is 0 Å². The van der Waals surface area contributed by atoms with Gasteiger partial charge in [0, 0.05) is 19.3 Å². The van der Waals surface area contributed by atoms with Gasteiger partial charge in [-0.3, -0.25) is 0 Å². The molecule has 3 aromatic rings. The second-order valence-electron chi connectivity index (χ2n) is 4.92. The van der Waals surface area contributed by atoms with Crippen molar-refractivity contribution in [1.29, 1.82) is 0 Å². The molecule has 0 aliphatic rings. The van der Waals surface area contributed by atoms with Crippen molar-refractivity contribution in [2.75, 3.05) is 5.73 Å². The lowest BCUT2D eigenvalue weighted by atomic mass is 10.2. The van der Waals surface area contributed by atoms with Gasteiger partial charge in [-0.25, -0.2) is 4.98 Å². The highest BCUT2D eigenvalue weighted by atomic mass is 15.1. The first kappa shape index (κ1) is 12.7. The first-order valence-corrected chi connectivity index (χ1v) is 6.69. The fourth-order valence-electron chi connectivity index (χ4n) is 2.31. The number of fused-ring (bicyclic) bond motifs is 1. The van der Waals surface area contributed by atoms with Crippen molar-refractivity contribution in [3.63, 3.8) is 0 Å². The van der Waals surface area contributed by atoms with E-state index < -0.39 is 0 Å². The van der Waals surface area contributed by atoms with Gasteiger partial charge in [-0.1, -0.05) is 24.3 Å². The van der Waals surface area contributed by atoms with Crippen LogP contribution < -0.4 is 11.1 Å². The molecule has 0 unspecified atom stereocenters. The van der Waals surface area contributed by atoms with Gasteiger partial charge in [0.2, 0.25) is 0 Å². The van der Waals surface area contributed by atoms with Crippen LogP contribution in [0.3, 0.4) is 0 Å². The monoisotopic (exact) mass is 266 g/mol. The Balaban J connectivity index is 1.68. The van der Waals surface area contributed by atoms with E-state index in [0.717, 1.165) is 35.6 Å². The average molecular weight is 266 g/mol. The maximum atomic E-state index is 5.68. The SMILES string of the molecule is Cn1c(CNCc2ccc(N)cc2)nc2ccccc21. The summed E-state index contributed by atoms with van der Waals surface area (Å²) in [5.74, 6) is 1.04. The smallest absolute Gasteiger partial charge is 0.123 e. The van der Waals surface area contributed by atoms with E-state index in [1.807, 2.05) is 42.5 Å². The number of nitrogens with one attached hydrogen (secondary N) is 1. The highest BCUT2D eigenvalue weighted by molar-refractivity contribution is 5.75. The molecule has 0 aliphatic carbocycles. The Morgan fingerprint density at radius 3 is 2.55 bits per heavy atom. The zero-order valence-electron chi connectivity index (χ0n) is 11.5. The summed E-state index contributed by atoms with van der Waals surface area (Å²) in [5.41, 5.74) is 9.90. The first-order valence-electron chi connectivity index (χ1n) is 6.69. The molecule has 3 N–H and O–H groups in total. The summed E-state index contributed by atoms with van der Waals surface area (Å²) in [6.45, 7) is 1.55. The van der Waals surface area contributed by atoms with E-state index in [1.165, 1.54) is 5.56 Å². The van der Waals surface area contributed by atoms with Gasteiger partial charge in [-0.05, 0) is 29.8 Å². The Hall–Kier alpha value is -2.33. The number of rotatable bonds is 4. The quantitative estimate of drug-likeness (QED) is 0.713. The minimum atomic E-state index is 0.746.